The Morgan fingerprint density at radius 3 is 2.70 bits per heavy atom. The van der Waals surface area contributed by atoms with E-state index in [4.69, 9.17) is 4.52 Å². The molecular formula is C19H29FIN5O. The molecule has 8 heteroatoms. The van der Waals surface area contributed by atoms with Gasteiger partial charge in [-0.3, -0.25) is 4.99 Å². The van der Waals surface area contributed by atoms with Crippen molar-refractivity contribution in [3.63, 3.8) is 0 Å². The molecule has 0 aliphatic carbocycles. The maximum Gasteiger partial charge on any atom is 0.226 e. The molecule has 150 valence electrons. The van der Waals surface area contributed by atoms with Gasteiger partial charge in [0, 0.05) is 24.9 Å². The smallest absolute Gasteiger partial charge is 0.226 e. The number of aryl methyl sites for hydroxylation is 2. The van der Waals surface area contributed by atoms with E-state index in [-0.39, 0.29) is 35.2 Å². The van der Waals surface area contributed by atoms with E-state index in [2.05, 4.69) is 39.6 Å². The molecule has 0 amide bonds. The van der Waals surface area contributed by atoms with Crippen LogP contribution in [0.25, 0.3) is 0 Å². The Kier molecular flexibility index (Phi) is 9.68. The summed E-state index contributed by atoms with van der Waals surface area (Å²) >= 11 is 0. The third-order valence-corrected chi connectivity index (χ3v) is 4.01. The van der Waals surface area contributed by atoms with Crippen molar-refractivity contribution in [3.8, 4) is 0 Å². The summed E-state index contributed by atoms with van der Waals surface area (Å²) in [6, 6.07) is 6.70. The van der Waals surface area contributed by atoms with Gasteiger partial charge in [-0.1, -0.05) is 31.1 Å². The van der Waals surface area contributed by atoms with E-state index in [1.165, 1.54) is 6.07 Å². The lowest BCUT2D eigenvalue weighted by Crippen LogP contribution is -2.39. The molecule has 1 heterocycles. The van der Waals surface area contributed by atoms with Crippen molar-refractivity contribution < 1.29 is 8.91 Å². The molecule has 0 atom stereocenters. The average Bonchev–Trinajstić information content (AvgIpc) is 3.02. The first-order chi connectivity index (χ1) is 12.4. The highest BCUT2D eigenvalue weighted by molar-refractivity contribution is 14.0. The SMILES string of the molecule is CCNC(=NCC(C)(C)c1cccc(F)c1)NCCCc1nc(C)no1.I. The zero-order chi connectivity index (χ0) is 19.0. The second kappa shape index (κ2) is 11.2. The molecule has 2 N–H and O–H groups in total. The molecule has 0 bridgehead atoms. The van der Waals surface area contributed by atoms with Gasteiger partial charge >= 0.3 is 0 Å². The summed E-state index contributed by atoms with van der Waals surface area (Å²) in [7, 11) is 0. The summed E-state index contributed by atoms with van der Waals surface area (Å²) in [5.41, 5.74) is 0.676. The van der Waals surface area contributed by atoms with Crippen LogP contribution in [0.2, 0.25) is 0 Å². The number of aliphatic imine (C=N–C) groups is 1. The van der Waals surface area contributed by atoms with Crippen molar-refractivity contribution in [1.82, 2.24) is 20.8 Å². The number of guanidine groups is 1. The summed E-state index contributed by atoms with van der Waals surface area (Å²) in [6.45, 7) is 10.0. The minimum absolute atomic E-state index is 0. The monoisotopic (exact) mass is 489 g/mol. The summed E-state index contributed by atoms with van der Waals surface area (Å²) in [5.74, 6) is 1.83. The van der Waals surface area contributed by atoms with Gasteiger partial charge in [0.15, 0.2) is 11.8 Å². The average molecular weight is 489 g/mol. The second-order valence-electron chi connectivity index (χ2n) is 6.86. The van der Waals surface area contributed by atoms with Crippen molar-refractivity contribution in [3.05, 3.63) is 47.4 Å². The predicted octanol–water partition coefficient (Wildman–Crippen LogP) is 3.60. The Morgan fingerprint density at radius 1 is 1.30 bits per heavy atom. The minimum atomic E-state index is -0.258. The first-order valence-corrected chi connectivity index (χ1v) is 8.98. The van der Waals surface area contributed by atoms with Crippen molar-refractivity contribution in [1.29, 1.82) is 0 Å². The Hall–Kier alpha value is -1.71. The van der Waals surface area contributed by atoms with E-state index >= 15 is 0 Å². The molecule has 6 nitrogen and oxygen atoms in total. The normalized spacial score (nSPS) is 11.8. The van der Waals surface area contributed by atoms with Gasteiger partial charge < -0.3 is 15.2 Å². The molecule has 0 saturated heterocycles. The van der Waals surface area contributed by atoms with Crippen LogP contribution >= 0.6 is 24.0 Å². The second-order valence-corrected chi connectivity index (χ2v) is 6.86. The quantitative estimate of drug-likeness (QED) is 0.257. The number of benzene rings is 1. The van der Waals surface area contributed by atoms with Gasteiger partial charge in [0.05, 0.1) is 6.54 Å². The number of nitrogens with one attached hydrogen (secondary N) is 2. The van der Waals surface area contributed by atoms with Crippen LogP contribution in [0, 0.1) is 12.7 Å². The topological polar surface area (TPSA) is 75.3 Å². The summed E-state index contributed by atoms with van der Waals surface area (Å²) < 4.78 is 18.6. The lowest BCUT2D eigenvalue weighted by Gasteiger charge is -2.24. The fourth-order valence-corrected chi connectivity index (χ4v) is 2.51. The number of rotatable bonds is 8. The highest BCUT2D eigenvalue weighted by Gasteiger charge is 2.21. The van der Waals surface area contributed by atoms with E-state index in [0.717, 1.165) is 37.5 Å². The van der Waals surface area contributed by atoms with Crippen molar-refractivity contribution in [2.45, 2.75) is 46.0 Å². The van der Waals surface area contributed by atoms with E-state index in [1.807, 2.05) is 19.9 Å². The molecule has 0 fully saturated rings. The summed E-state index contributed by atoms with van der Waals surface area (Å²) in [4.78, 5) is 8.85. The Bertz CT molecular complexity index is 732. The van der Waals surface area contributed by atoms with E-state index in [9.17, 15) is 4.39 Å². The van der Waals surface area contributed by atoms with Crippen LogP contribution in [0.5, 0.6) is 0 Å². The largest absolute Gasteiger partial charge is 0.357 e. The third kappa shape index (κ3) is 7.82. The molecule has 1 aromatic carbocycles. The van der Waals surface area contributed by atoms with Gasteiger partial charge in [-0.25, -0.2) is 4.39 Å². The first kappa shape index (κ1) is 23.3. The number of aromatic nitrogens is 2. The van der Waals surface area contributed by atoms with E-state index < -0.39 is 0 Å². The molecular weight excluding hydrogens is 460 g/mol. The van der Waals surface area contributed by atoms with Gasteiger partial charge in [0.1, 0.15) is 5.82 Å². The van der Waals surface area contributed by atoms with Gasteiger partial charge in [0.2, 0.25) is 5.89 Å². The molecule has 0 aliphatic heterocycles. The maximum absolute atomic E-state index is 13.5. The van der Waals surface area contributed by atoms with Crippen LogP contribution in [0.15, 0.2) is 33.8 Å². The number of halogens is 2. The highest BCUT2D eigenvalue weighted by Crippen LogP contribution is 2.24. The van der Waals surface area contributed by atoms with Gasteiger partial charge in [0.25, 0.3) is 0 Å². The van der Waals surface area contributed by atoms with Crippen LogP contribution in [0.3, 0.4) is 0 Å². The molecule has 0 spiro atoms. The highest BCUT2D eigenvalue weighted by atomic mass is 127. The standard InChI is InChI=1S/C19H28FN5O.HI/c1-5-21-18(22-11-7-10-17-24-14(2)25-26-17)23-13-19(3,4)15-8-6-9-16(20)12-15;/h6,8-9,12H,5,7,10-11,13H2,1-4H3,(H2,21,22,23);1H. The third-order valence-electron chi connectivity index (χ3n) is 4.01. The lowest BCUT2D eigenvalue weighted by molar-refractivity contribution is 0.372. The minimum Gasteiger partial charge on any atom is -0.357 e. The van der Waals surface area contributed by atoms with E-state index in [1.54, 1.807) is 12.1 Å². The van der Waals surface area contributed by atoms with Gasteiger partial charge in [-0.05, 0) is 38.0 Å². The van der Waals surface area contributed by atoms with Crippen LogP contribution < -0.4 is 10.6 Å². The molecule has 0 aliphatic rings. The number of hydrogen-bond acceptors (Lipinski definition) is 4. The molecule has 0 unspecified atom stereocenters. The molecule has 2 aromatic rings. The van der Waals surface area contributed by atoms with Crippen LogP contribution in [0.1, 0.15) is 44.5 Å². The van der Waals surface area contributed by atoms with Crippen LogP contribution in [-0.4, -0.2) is 35.7 Å². The molecule has 2 rings (SSSR count). The number of nitrogens with zero attached hydrogens (tertiary/aromatic N) is 3. The Morgan fingerprint density at radius 2 is 2.07 bits per heavy atom. The first-order valence-electron chi connectivity index (χ1n) is 8.98. The fraction of sp³-hybridized carbons (Fsp3) is 0.526. The maximum atomic E-state index is 13.5. The molecule has 27 heavy (non-hydrogen) atoms. The summed E-state index contributed by atoms with van der Waals surface area (Å²) in [6.07, 6.45) is 1.58. The zero-order valence-corrected chi connectivity index (χ0v) is 18.7. The molecule has 0 saturated carbocycles. The van der Waals surface area contributed by atoms with Crippen LogP contribution in [0.4, 0.5) is 4.39 Å². The van der Waals surface area contributed by atoms with Gasteiger partial charge in [-0.2, -0.15) is 4.98 Å². The predicted molar refractivity (Wildman–Crippen MR) is 116 cm³/mol. The number of hydrogen-bond donors (Lipinski definition) is 2. The van der Waals surface area contributed by atoms with Gasteiger partial charge in [-0.15, -0.1) is 24.0 Å². The van der Waals surface area contributed by atoms with Crippen LogP contribution in [-0.2, 0) is 11.8 Å². The Balaban J connectivity index is 0.00000364. The lowest BCUT2D eigenvalue weighted by atomic mass is 9.85. The molecule has 1 aromatic heterocycles. The van der Waals surface area contributed by atoms with Crippen molar-refractivity contribution in [2.24, 2.45) is 4.99 Å². The Labute approximate surface area is 177 Å². The molecule has 0 radical (unpaired) electrons. The fourth-order valence-electron chi connectivity index (χ4n) is 2.51. The summed E-state index contributed by atoms with van der Waals surface area (Å²) in [5, 5.41) is 10.3. The van der Waals surface area contributed by atoms with E-state index in [0.29, 0.717) is 18.3 Å². The van der Waals surface area contributed by atoms with Crippen molar-refractivity contribution in [2.75, 3.05) is 19.6 Å². The zero-order valence-electron chi connectivity index (χ0n) is 16.4. The van der Waals surface area contributed by atoms with Crippen molar-refractivity contribution >= 4 is 29.9 Å².